The summed E-state index contributed by atoms with van der Waals surface area (Å²) < 4.78 is 0. The summed E-state index contributed by atoms with van der Waals surface area (Å²) in [6, 6.07) is 5.59. The average molecular weight is 282 g/mol. The highest BCUT2D eigenvalue weighted by molar-refractivity contribution is 5.58. The van der Waals surface area contributed by atoms with E-state index in [0.29, 0.717) is 12.1 Å². The predicted molar refractivity (Wildman–Crippen MR) is 82.4 cm³/mol. The fourth-order valence-corrected chi connectivity index (χ4v) is 4.28. The number of anilines is 1. The third-order valence-corrected chi connectivity index (χ3v) is 5.29. The lowest BCUT2D eigenvalue weighted by Gasteiger charge is -2.31. The summed E-state index contributed by atoms with van der Waals surface area (Å²) >= 11 is 0. The number of pyridine rings is 1. The van der Waals surface area contributed by atoms with Crippen molar-refractivity contribution >= 4 is 5.82 Å². The zero-order chi connectivity index (χ0) is 14.2. The molecule has 0 aromatic carbocycles. The van der Waals surface area contributed by atoms with Crippen LogP contribution in [0.15, 0.2) is 6.07 Å². The molecule has 3 aliphatic rings. The van der Waals surface area contributed by atoms with Crippen molar-refractivity contribution < 1.29 is 0 Å². The average Bonchev–Trinajstić information content (AvgIpc) is 3.24. The second-order valence-electron chi connectivity index (χ2n) is 6.54. The molecule has 0 amide bonds. The molecule has 0 spiro atoms. The Labute approximate surface area is 126 Å². The molecule has 3 heterocycles. The highest BCUT2D eigenvalue weighted by Gasteiger charge is 2.35. The van der Waals surface area contributed by atoms with Crippen molar-refractivity contribution in [3.8, 4) is 6.07 Å². The first-order valence-electron chi connectivity index (χ1n) is 8.30. The predicted octanol–water partition coefficient (Wildman–Crippen LogP) is 2.16. The monoisotopic (exact) mass is 282 g/mol. The Morgan fingerprint density at radius 1 is 1.24 bits per heavy atom. The van der Waals surface area contributed by atoms with Gasteiger partial charge in [0.05, 0.1) is 5.56 Å². The topological polar surface area (TPSA) is 52.0 Å². The molecule has 2 unspecified atom stereocenters. The maximum absolute atomic E-state index is 9.53. The van der Waals surface area contributed by atoms with E-state index >= 15 is 0 Å². The van der Waals surface area contributed by atoms with Gasteiger partial charge in [0.25, 0.3) is 0 Å². The molecule has 0 radical (unpaired) electrons. The Bertz CT molecular complexity index is 583. The zero-order valence-electron chi connectivity index (χ0n) is 12.4. The normalized spacial score (nSPS) is 27.9. The van der Waals surface area contributed by atoms with Crippen molar-refractivity contribution in [3.05, 3.63) is 22.9 Å². The van der Waals surface area contributed by atoms with Crippen LogP contribution in [0.2, 0.25) is 0 Å². The van der Waals surface area contributed by atoms with E-state index in [9.17, 15) is 5.26 Å². The lowest BCUT2D eigenvalue weighted by Crippen LogP contribution is -2.44. The highest BCUT2D eigenvalue weighted by Crippen LogP contribution is 2.33. The summed E-state index contributed by atoms with van der Waals surface area (Å²) in [5.41, 5.74) is 3.31. The SMILES string of the molecule is N#Cc1cc2c(nc1N1CCCC1C1CCCN1)CCC2. The first-order valence-corrected chi connectivity index (χ1v) is 8.30. The summed E-state index contributed by atoms with van der Waals surface area (Å²) in [7, 11) is 0. The number of nitriles is 1. The van der Waals surface area contributed by atoms with Gasteiger partial charge in [0.15, 0.2) is 0 Å². The number of rotatable bonds is 2. The number of hydrogen-bond acceptors (Lipinski definition) is 4. The van der Waals surface area contributed by atoms with E-state index < -0.39 is 0 Å². The second kappa shape index (κ2) is 5.31. The van der Waals surface area contributed by atoms with Gasteiger partial charge in [0, 0.05) is 24.3 Å². The first kappa shape index (κ1) is 13.1. The summed E-state index contributed by atoms with van der Waals surface area (Å²) in [5.74, 6) is 0.953. The number of aromatic nitrogens is 1. The minimum Gasteiger partial charge on any atom is -0.351 e. The van der Waals surface area contributed by atoms with Crippen molar-refractivity contribution in [1.82, 2.24) is 10.3 Å². The van der Waals surface area contributed by atoms with Crippen molar-refractivity contribution in [3.63, 3.8) is 0 Å². The fraction of sp³-hybridized carbons (Fsp3) is 0.647. The molecule has 0 saturated carbocycles. The molecule has 2 atom stereocenters. The summed E-state index contributed by atoms with van der Waals surface area (Å²) in [5, 5.41) is 13.2. The smallest absolute Gasteiger partial charge is 0.147 e. The van der Waals surface area contributed by atoms with E-state index in [1.165, 1.54) is 43.4 Å². The third kappa shape index (κ3) is 2.20. The Morgan fingerprint density at radius 2 is 2.19 bits per heavy atom. The molecule has 1 aromatic rings. The van der Waals surface area contributed by atoms with Crippen LogP contribution in [0.3, 0.4) is 0 Å². The van der Waals surface area contributed by atoms with Crippen molar-refractivity contribution in [2.45, 2.75) is 57.0 Å². The molecular formula is C17H22N4. The van der Waals surface area contributed by atoms with Gasteiger partial charge in [-0.2, -0.15) is 5.26 Å². The summed E-state index contributed by atoms with van der Waals surface area (Å²) in [4.78, 5) is 7.32. The number of nitrogens with one attached hydrogen (secondary N) is 1. The molecule has 4 heteroatoms. The van der Waals surface area contributed by atoms with E-state index in [0.717, 1.165) is 37.3 Å². The van der Waals surface area contributed by atoms with Crippen molar-refractivity contribution in [2.75, 3.05) is 18.0 Å². The Kier molecular flexibility index (Phi) is 3.31. The molecule has 4 rings (SSSR count). The number of aryl methyl sites for hydroxylation is 2. The van der Waals surface area contributed by atoms with E-state index in [1.807, 2.05) is 0 Å². The molecule has 0 bridgehead atoms. The van der Waals surface area contributed by atoms with Gasteiger partial charge in [0.2, 0.25) is 0 Å². The van der Waals surface area contributed by atoms with Gasteiger partial charge in [-0.1, -0.05) is 0 Å². The van der Waals surface area contributed by atoms with E-state index in [1.54, 1.807) is 0 Å². The van der Waals surface area contributed by atoms with Gasteiger partial charge >= 0.3 is 0 Å². The quantitative estimate of drug-likeness (QED) is 0.903. The summed E-state index contributed by atoms with van der Waals surface area (Å²) in [6.07, 6.45) is 8.32. The molecule has 1 N–H and O–H groups in total. The Morgan fingerprint density at radius 3 is 3.00 bits per heavy atom. The Hall–Kier alpha value is -1.60. The molecule has 1 aromatic heterocycles. The van der Waals surface area contributed by atoms with Crippen LogP contribution in [-0.4, -0.2) is 30.2 Å². The van der Waals surface area contributed by atoms with Gasteiger partial charge < -0.3 is 10.2 Å². The fourth-order valence-electron chi connectivity index (χ4n) is 4.28. The Balaban J connectivity index is 1.70. The van der Waals surface area contributed by atoms with E-state index in [-0.39, 0.29) is 0 Å². The molecule has 21 heavy (non-hydrogen) atoms. The lowest BCUT2D eigenvalue weighted by molar-refractivity contribution is 0.480. The van der Waals surface area contributed by atoms with Gasteiger partial charge in [-0.15, -0.1) is 0 Å². The maximum atomic E-state index is 9.53. The van der Waals surface area contributed by atoms with Crippen LogP contribution in [0.25, 0.3) is 0 Å². The second-order valence-corrected chi connectivity index (χ2v) is 6.54. The summed E-state index contributed by atoms with van der Waals surface area (Å²) in [6.45, 7) is 2.18. The molecule has 2 fully saturated rings. The van der Waals surface area contributed by atoms with Crippen LogP contribution < -0.4 is 10.2 Å². The van der Waals surface area contributed by atoms with Crippen LogP contribution in [0.1, 0.15) is 48.9 Å². The largest absolute Gasteiger partial charge is 0.351 e. The minimum atomic E-state index is 0.520. The van der Waals surface area contributed by atoms with Crippen LogP contribution in [0, 0.1) is 11.3 Å². The van der Waals surface area contributed by atoms with Gasteiger partial charge in [0.1, 0.15) is 11.9 Å². The van der Waals surface area contributed by atoms with Crippen molar-refractivity contribution in [2.24, 2.45) is 0 Å². The number of hydrogen-bond donors (Lipinski definition) is 1. The molecule has 4 nitrogen and oxygen atoms in total. The van der Waals surface area contributed by atoms with E-state index in [2.05, 4.69) is 22.4 Å². The molecule has 1 aliphatic carbocycles. The van der Waals surface area contributed by atoms with Crippen LogP contribution in [0.4, 0.5) is 5.82 Å². The minimum absolute atomic E-state index is 0.520. The lowest BCUT2D eigenvalue weighted by atomic mass is 10.0. The number of nitrogens with zero attached hydrogens (tertiary/aromatic N) is 3. The van der Waals surface area contributed by atoms with Crippen LogP contribution >= 0.6 is 0 Å². The van der Waals surface area contributed by atoms with Crippen LogP contribution in [-0.2, 0) is 12.8 Å². The maximum Gasteiger partial charge on any atom is 0.147 e. The van der Waals surface area contributed by atoms with Gasteiger partial charge in [-0.25, -0.2) is 4.98 Å². The molecule has 2 aliphatic heterocycles. The van der Waals surface area contributed by atoms with Crippen LogP contribution in [0.5, 0.6) is 0 Å². The number of fused-ring (bicyclic) bond motifs is 1. The van der Waals surface area contributed by atoms with Gasteiger partial charge in [-0.3, -0.25) is 0 Å². The highest BCUT2D eigenvalue weighted by atomic mass is 15.3. The third-order valence-electron chi connectivity index (χ3n) is 5.29. The molecular weight excluding hydrogens is 260 g/mol. The molecule has 2 saturated heterocycles. The first-order chi connectivity index (χ1) is 10.4. The zero-order valence-corrected chi connectivity index (χ0v) is 12.4. The molecule has 110 valence electrons. The van der Waals surface area contributed by atoms with Crippen molar-refractivity contribution in [1.29, 1.82) is 5.26 Å². The van der Waals surface area contributed by atoms with E-state index in [4.69, 9.17) is 4.98 Å². The standard InChI is InChI=1S/C17H22N4/c18-11-13-10-12-4-1-5-14(12)20-17(13)21-9-3-7-16(21)15-6-2-8-19-15/h10,15-16,19H,1-9H2. The van der Waals surface area contributed by atoms with Gasteiger partial charge in [-0.05, 0) is 63.1 Å².